The molecule has 0 unspecified atom stereocenters. The molecule has 2 N–H and O–H groups in total. The highest BCUT2D eigenvalue weighted by atomic mass is 16.6. The first-order chi connectivity index (χ1) is 9.88. The average molecular weight is 286 g/mol. The molecule has 0 saturated heterocycles. The molecule has 2 rings (SSSR count). The van der Waals surface area contributed by atoms with Gasteiger partial charge in [-0.15, -0.1) is 0 Å². The van der Waals surface area contributed by atoms with E-state index in [2.05, 4.69) is 5.32 Å². The minimum atomic E-state index is -0.656. The molecule has 108 valence electrons. The van der Waals surface area contributed by atoms with Gasteiger partial charge in [-0.2, -0.15) is 0 Å². The summed E-state index contributed by atoms with van der Waals surface area (Å²) >= 11 is 0. The van der Waals surface area contributed by atoms with Gasteiger partial charge in [0.25, 0.3) is 11.6 Å². The molecule has 0 spiro atoms. The van der Waals surface area contributed by atoms with Crippen LogP contribution >= 0.6 is 0 Å². The maximum atomic E-state index is 12.2. The smallest absolute Gasteiger partial charge is 0.296 e. The third kappa shape index (κ3) is 3.17. The number of anilines is 1. The first-order valence-electron chi connectivity index (χ1n) is 6.24. The molecule has 6 nitrogen and oxygen atoms in total. The first-order valence-corrected chi connectivity index (χ1v) is 6.24. The minimum Gasteiger partial charge on any atom is -0.505 e. The number of hydrogen-bond donors (Lipinski definition) is 2. The Labute approximate surface area is 121 Å². The van der Waals surface area contributed by atoms with Crippen LogP contribution in [0.15, 0.2) is 36.4 Å². The molecule has 1 amide bonds. The van der Waals surface area contributed by atoms with Gasteiger partial charge in [0.1, 0.15) is 5.75 Å². The number of carbonyl (C=O) groups is 1. The van der Waals surface area contributed by atoms with Crippen LogP contribution in [0.4, 0.5) is 11.4 Å². The number of nitrogens with one attached hydrogen (secondary N) is 1. The summed E-state index contributed by atoms with van der Waals surface area (Å²) in [6.07, 6.45) is 0. The number of aromatic hydroxyl groups is 1. The zero-order chi connectivity index (χ0) is 15.6. The van der Waals surface area contributed by atoms with Crippen LogP contribution < -0.4 is 5.32 Å². The summed E-state index contributed by atoms with van der Waals surface area (Å²) in [5.74, 6) is -0.853. The number of para-hydroxylation sites is 1. The molecule has 0 aliphatic carbocycles. The van der Waals surface area contributed by atoms with Crippen molar-refractivity contribution in [1.82, 2.24) is 0 Å². The molecule has 0 heterocycles. The number of carbonyl (C=O) groups excluding carboxylic acids is 1. The van der Waals surface area contributed by atoms with E-state index in [0.717, 1.165) is 11.1 Å². The lowest BCUT2D eigenvalue weighted by molar-refractivity contribution is -0.384. The number of amides is 1. The number of benzene rings is 2. The maximum absolute atomic E-state index is 12.2. The summed E-state index contributed by atoms with van der Waals surface area (Å²) < 4.78 is 0. The van der Waals surface area contributed by atoms with Gasteiger partial charge in [0.05, 0.1) is 4.92 Å². The lowest BCUT2D eigenvalue weighted by Gasteiger charge is -2.09. The van der Waals surface area contributed by atoms with Crippen molar-refractivity contribution in [2.75, 3.05) is 5.32 Å². The molecular weight excluding hydrogens is 272 g/mol. The fraction of sp³-hybridized carbons (Fsp3) is 0.133. The Bertz CT molecular complexity index is 705. The highest BCUT2D eigenvalue weighted by Crippen LogP contribution is 2.33. The van der Waals surface area contributed by atoms with Gasteiger partial charge in [-0.3, -0.25) is 14.9 Å². The van der Waals surface area contributed by atoms with Gasteiger partial charge in [-0.25, -0.2) is 0 Å². The van der Waals surface area contributed by atoms with E-state index in [9.17, 15) is 20.0 Å². The number of nitrogens with zero attached hydrogens (tertiary/aromatic N) is 1. The van der Waals surface area contributed by atoms with Crippen LogP contribution in [0.5, 0.6) is 5.75 Å². The molecular formula is C15H14N2O4. The SMILES string of the molecule is Cc1cc(C)cc(C(=O)Nc2c(O)cccc2[N+](=O)[O-])c1. The number of phenolic OH excluding ortho intramolecular Hbond substituents is 1. The third-order valence-corrected chi connectivity index (χ3v) is 2.94. The molecule has 0 aliphatic rings. The van der Waals surface area contributed by atoms with E-state index in [1.54, 1.807) is 12.1 Å². The lowest BCUT2D eigenvalue weighted by Crippen LogP contribution is -2.13. The van der Waals surface area contributed by atoms with Crippen molar-refractivity contribution in [3.8, 4) is 5.75 Å². The second-order valence-corrected chi connectivity index (χ2v) is 4.76. The Kier molecular flexibility index (Phi) is 3.89. The number of nitro benzene ring substituents is 1. The summed E-state index contributed by atoms with van der Waals surface area (Å²) in [5, 5.41) is 23.1. The van der Waals surface area contributed by atoms with E-state index >= 15 is 0 Å². The van der Waals surface area contributed by atoms with Gasteiger partial charge in [0.2, 0.25) is 0 Å². The van der Waals surface area contributed by atoms with Crippen molar-refractivity contribution < 1.29 is 14.8 Å². The quantitative estimate of drug-likeness (QED) is 0.515. The molecule has 0 bridgehead atoms. The Morgan fingerprint density at radius 2 is 1.81 bits per heavy atom. The lowest BCUT2D eigenvalue weighted by atomic mass is 10.1. The van der Waals surface area contributed by atoms with Crippen LogP contribution in [0.3, 0.4) is 0 Å². The number of aryl methyl sites for hydroxylation is 2. The van der Waals surface area contributed by atoms with Crippen molar-refractivity contribution >= 4 is 17.3 Å². The molecule has 2 aromatic carbocycles. The van der Waals surface area contributed by atoms with Crippen LogP contribution in [0.2, 0.25) is 0 Å². The summed E-state index contributed by atoms with van der Waals surface area (Å²) in [7, 11) is 0. The van der Waals surface area contributed by atoms with Crippen LogP contribution in [0, 0.1) is 24.0 Å². The highest BCUT2D eigenvalue weighted by molar-refractivity contribution is 6.06. The van der Waals surface area contributed by atoms with Crippen LogP contribution in [0.25, 0.3) is 0 Å². The Hall–Kier alpha value is -2.89. The standard InChI is InChI=1S/C15H14N2O4/c1-9-6-10(2)8-11(7-9)15(19)16-14-12(17(20)21)4-3-5-13(14)18/h3-8,18H,1-2H3,(H,16,19). The van der Waals surface area contributed by atoms with Crippen molar-refractivity contribution in [2.24, 2.45) is 0 Å². The largest absolute Gasteiger partial charge is 0.505 e. The molecule has 21 heavy (non-hydrogen) atoms. The van der Waals surface area contributed by atoms with Gasteiger partial charge in [0.15, 0.2) is 5.69 Å². The molecule has 0 radical (unpaired) electrons. The molecule has 0 atom stereocenters. The fourth-order valence-corrected chi connectivity index (χ4v) is 2.10. The van der Waals surface area contributed by atoms with E-state index in [4.69, 9.17) is 0 Å². The number of phenols is 1. The van der Waals surface area contributed by atoms with E-state index in [0.29, 0.717) is 5.56 Å². The second kappa shape index (κ2) is 5.62. The molecule has 2 aromatic rings. The Morgan fingerprint density at radius 1 is 1.19 bits per heavy atom. The first kappa shape index (κ1) is 14.5. The average Bonchev–Trinajstić information content (AvgIpc) is 2.39. The van der Waals surface area contributed by atoms with Gasteiger partial charge in [-0.05, 0) is 32.0 Å². The van der Waals surface area contributed by atoms with Crippen molar-refractivity contribution in [3.63, 3.8) is 0 Å². The van der Waals surface area contributed by atoms with Crippen molar-refractivity contribution in [3.05, 3.63) is 63.2 Å². The van der Waals surface area contributed by atoms with Gasteiger partial charge >= 0.3 is 0 Å². The van der Waals surface area contributed by atoms with E-state index < -0.39 is 10.8 Å². The monoisotopic (exact) mass is 286 g/mol. The summed E-state index contributed by atoms with van der Waals surface area (Å²) in [6, 6.07) is 9.11. The van der Waals surface area contributed by atoms with Gasteiger partial charge < -0.3 is 10.4 Å². The van der Waals surface area contributed by atoms with E-state index in [1.807, 2.05) is 19.9 Å². The second-order valence-electron chi connectivity index (χ2n) is 4.76. The normalized spacial score (nSPS) is 10.2. The summed E-state index contributed by atoms with van der Waals surface area (Å²) in [6.45, 7) is 3.71. The van der Waals surface area contributed by atoms with Gasteiger partial charge in [0, 0.05) is 11.6 Å². The molecule has 0 aliphatic heterocycles. The van der Waals surface area contributed by atoms with Crippen LogP contribution in [-0.2, 0) is 0 Å². The summed E-state index contributed by atoms with van der Waals surface area (Å²) in [4.78, 5) is 22.5. The van der Waals surface area contributed by atoms with Gasteiger partial charge in [-0.1, -0.05) is 23.3 Å². The Balaban J connectivity index is 2.38. The van der Waals surface area contributed by atoms with Crippen LogP contribution in [-0.4, -0.2) is 15.9 Å². The summed E-state index contributed by atoms with van der Waals surface area (Å²) in [5.41, 5.74) is 1.64. The maximum Gasteiger partial charge on any atom is 0.296 e. The number of nitro groups is 1. The predicted octanol–water partition coefficient (Wildman–Crippen LogP) is 3.17. The molecule has 0 saturated carbocycles. The molecule has 0 aromatic heterocycles. The third-order valence-electron chi connectivity index (χ3n) is 2.94. The van der Waals surface area contributed by atoms with E-state index in [1.165, 1.54) is 18.2 Å². The van der Waals surface area contributed by atoms with E-state index in [-0.39, 0.29) is 17.1 Å². The number of rotatable bonds is 3. The zero-order valence-corrected chi connectivity index (χ0v) is 11.6. The minimum absolute atomic E-state index is 0.202. The fourth-order valence-electron chi connectivity index (χ4n) is 2.10. The highest BCUT2D eigenvalue weighted by Gasteiger charge is 2.20. The number of hydrogen-bond acceptors (Lipinski definition) is 4. The van der Waals surface area contributed by atoms with Crippen molar-refractivity contribution in [2.45, 2.75) is 13.8 Å². The predicted molar refractivity (Wildman–Crippen MR) is 78.6 cm³/mol. The Morgan fingerprint density at radius 3 is 2.38 bits per heavy atom. The topological polar surface area (TPSA) is 92.5 Å². The molecule has 6 heteroatoms. The van der Waals surface area contributed by atoms with Crippen LogP contribution in [0.1, 0.15) is 21.5 Å². The van der Waals surface area contributed by atoms with Crippen molar-refractivity contribution in [1.29, 1.82) is 0 Å². The molecule has 0 fully saturated rings. The zero-order valence-electron chi connectivity index (χ0n) is 11.6.